The van der Waals surface area contributed by atoms with Crippen molar-refractivity contribution in [2.45, 2.75) is 27.2 Å². The molecule has 1 aromatic rings. The summed E-state index contributed by atoms with van der Waals surface area (Å²) in [6, 6.07) is 6.26. The van der Waals surface area contributed by atoms with Crippen molar-refractivity contribution >= 4 is 0 Å². The van der Waals surface area contributed by atoms with Gasteiger partial charge in [-0.3, -0.25) is 0 Å². The Bertz CT molecular complexity index is 348. The molecular weight excluding hydrogens is 224 g/mol. The van der Waals surface area contributed by atoms with Gasteiger partial charge in [0.05, 0.1) is 0 Å². The lowest BCUT2D eigenvalue weighted by Crippen LogP contribution is -2.28. The molecule has 1 rings (SSSR count). The maximum Gasteiger partial charge on any atom is 0.125 e. The van der Waals surface area contributed by atoms with E-state index in [4.69, 9.17) is 10.5 Å². The van der Waals surface area contributed by atoms with E-state index < -0.39 is 0 Å². The van der Waals surface area contributed by atoms with E-state index in [2.05, 4.69) is 43.9 Å². The highest BCUT2D eigenvalue weighted by atomic mass is 16.5. The first kappa shape index (κ1) is 15.0. The topological polar surface area (TPSA) is 38.5 Å². The fourth-order valence-electron chi connectivity index (χ4n) is 2.09. The summed E-state index contributed by atoms with van der Waals surface area (Å²) in [6.45, 7) is 11.0. The zero-order valence-corrected chi connectivity index (χ0v) is 11.9. The second-order valence-corrected chi connectivity index (χ2v) is 4.48. The summed E-state index contributed by atoms with van der Waals surface area (Å²) in [5.41, 5.74) is 8.05. The molecule has 0 radical (unpaired) electrons. The first-order valence-corrected chi connectivity index (χ1v) is 6.86. The van der Waals surface area contributed by atoms with Gasteiger partial charge in [-0.05, 0) is 44.1 Å². The van der Waals surface area contributed by atoms with E-state index >= 15 is 0 Å². The largest absolute Gasteiger partial charge is 0.492 e. The molecule has 1 aromatic carbocycles. The van der Waals surface area contributed by atoms with Crippen LogP contribution in [0.2, 0.25) is 0 Å². The van der Waals surface area contributed by atoms with Gasteiger partial charge in [-0.15, -0.1) is 0 Å². The van der Waals surface area contributed by atoms with Crippen molar-refractivity contribution < 1.29 is 4.74 Å². The zero-order chi connectivity index (χ0) is 13.4. The Labute approximate surface area is 111 Å². The van der Waals surface area contributed by atoms with Gasteiger partial charge in [0.15, 0.2) is 0 Å². The molecule has 102 valence electrons. The summed E-state index contributed by atoms with van der Waals surface area (Å²) in [6.07, 6.45) is 0.877. The summed E-state index contributed by atoms with van der Waals surface area (Å²) < 4.78 is 5.96. The van der Waals surface area contributed by atoms with Gasteiger partial charge < -0.3 is 15.4 Å². The molecule has 0 aliphatic rings. The summed E-state index contributed by atoms with van der Waals surface area (Å²) in [5, 5.41) is 0. The number of nitrogens with zero attached hydrogens (tertiary/aromatic N) is 1. The molecule has 0 saturated heterocycles. The lowest BCUT2D eigenvalue weighted by atomic mass is 10.1. The van der Waals surface area contributed by atoms with Gasteiger partial charge >= 0.3 is 0 Å². The molecule has 3 heteroatoms. The average Bonchev–Trinajstić information content (AvgIpc) is 2.38. The van der Waals surface area contributed by atoms with Gasteiger partial charge in [0, 0.05) is 6.54 Å². The molecule has 0 atom stereocenters. The van der Waals surface area contributed by atoms with E-state index in [1.165, 1.54) is 11.1 Å². The average molecular weight is 250 g/mol. The molecule has 3 nitrogen and oxygen atoms in total. The van der Waals surface area contributed by atoms with Crippen molar-refractivity contribution in [1.82, 2.24) is 4.90 Å². The molecule has 0 aliphatic carbocycles. The smallest absolute Gasteiger partial charge is 0.125 e. The van der Waals surface area contributed by atoms with Crippen LogP contribution in [0.25, 0.3) is 0 Å². The molecule has 0 aromatic heterocycles. The third kappa shape index (κ3) is 4.31. The molecule has 2 N–H and O–H groups in total. The SMILES string of the molecule is CCN(CC)CCOc1c(C)cccc1CCN. The highest BCUT2D eigenvalue weighted by Gasteiger charge is 2.07. The third-order valence-corrected chi connectivity index (χ3v) is 3.26. The van der Waals surface area contributed by atoms with Crippen LogP contribution in [0.5, 0.6) is 5.75 Å². The molecule has 0 bridgehead atoms. The zero-order valence-electron chi connectivity index (χ0n) is 11.9. The van der Waals surface area contributed by atoms with E-state index in [0.717, 1.165) is 38.4 Å². The summed E-state index contributed by atoms with van der Waals surface area (Å²) >= 11 is 0. The first-order valence-electron chi connectivity index (χ1n) is 6.86. The van der Waals surface area contributed by atoms with Crippen LogP contribution >= 0.6 is 0 Å². The van der Waals surface area contributed by atoms with Crippen LogP contribution in [-0.2, 0) is 6.42 Å². The second-order valence-electron chi connectivity index (χ2n) is 4.48. The molecule has 0 fully saturated rings. The number of likely N-dealkylation sites (N-methyl/N-ethyl adjacent to an activating group) is 1. The number of para-hydroxylation sites is 1. The standard InChI is InChI=1S/C15H26N2O/c1-4-17(5-2)11-12-18-15-13(3)7-6-8-14(15)9-10-16/h6-8H,4-5,9-12,16H2,1-3H3. The fraction of sp³-hybridized carbons (Fsp3) is 0.600. The number of nitrogens with two attached hydrogens (primary N) is 1. The highest BCUT2D eigenvalue weighted by Crippen LogP contribution is 2.23. The Morgan fingerprint density at radius 1 is 1.22 bits per heavy atom. The highest BCUT2D eigenvalue weighted by molar-refractivity contribution is 5.40. The number of benzene rings is 1. The van der Waals surface area contributed by atoms with Gasteiger partial charge in [0.25, 0.3) is 0 Å². The number of hydrogen-bond acceptors (Lipinski definition) is 3. The molecule has 0 unspecified atom stereocenters. The summed E-state index contributed by atoms with van der Waals surface area (Å²) in [4.78, 5) is 2.36. The number of ether oxygens (including phenoxy) is 1. The number of rotatable bonds is 8. The summed E-state index contributed by atoms with van der Waals surface area (Å²) in [7, 11) is 0. The Kier molecular flexibility index (Phi) is 6.76. The van der Waals surface area contributed by atoms with Gasteiger partial charge in [0.1, 0.15) is 12.4 Å². The molecular formula is C15H26N2O. The van der Waals surface area contributed by atoms with Crippen molar-refractivity contribution in [2.24, 2.45) is 5.73 Å². The van der Waals surface area contributed by atoms with Gasteiger partial charge in [-0.25, -0.2) is 0 Å². The Morgan fingerprint density at radius 3 is 2.56 bits per heavy atom. The normalized spacial score (nSPS) is 10.9. The van der Waals surface area contributed by atoms with Crippen LogP contribution < -0.4 is 10.5 Å². The van der Waals surface area contributed by atoms with E-state index in [-0.39, 0.29) is 0 Å². The maximum absolute atomic E-state index is 5.96. The monoisotopic (exact) mass is 250 g/mol. The van der Waals surface area contributed by atoms with Crippen LogP contribution in [-0.4, -0.2) is 37.7 Å². The fourth-order valence-corrected chi connectivity index (χ4v) is 2.09. The maximum atomic E-state index is 5.96. The minimum atomic E-state index is 0.663. The minimum absolute atomic E-state index is 0.663. The van der Waals surface area contributed by atoms with E-state index in [0.29, 0.717) is 6.54 Å². The van der Waals surface area contributed by atoms with Crippen molar-refractivity contribution in [3.05, 3.63) is 29.3 Å². The van der Waals surface area contributed by atoms with Gasteiger partial charge in [-0.1, -0.05) is 32.0 Å². The predicted octanol–water partition coefficient (Wildman–Crippen LogP) is 2.22. The molecule has 0 amide bonds. The van der Waals surface area contributed by atoms with E-state index in [1.54, 1.807) is 0 Å². The van der Waals surface area contributed by atoms with Crippen LogP contribution in [0, 0.1) is 6.92 Å². The second kappa shape index (κ2) is 8.11. The van der Waals surface area contributed by atoms with Crippen molar-refractivity contribution in [3.63, 3.8) is 0 Å². The van der Waals surface area contributed by atoms with Crippen LogP contribution in [0.3, 0.4) is 0 Å². The third-order valence-electron chi connectivity index (χ3n) is 3.26. The Balaban J connectivity index is 2.60. The van der Waals surface area contributed by atoms with Gasteiger partial charge in [-0.2, -0.15) is 0 Å². The van der Waals surface area contributed by atoms with Crippen LogP contribution in [0.4, 0.5) is 0 Å². The quantitative estimate of drug-likeness (QED) is 0.769. The lowest BCUT2D eigenvalue weighted by Gasteiger charge is -2.19. The van der Waals surface area contributed by atoms with Crippen molar-refractivity contribution in [2.75, 3.05) is 32.8 Å². The molecule has 0 saturated carbocycles. The molecule has 0 spiro atoms. The molecule has 0 aliphatic heterocycles. The number of aryl methyl sites for hydroxylation is 1. The van der Waals surface area contributed by atoms with Crippen molar-refractivity contribution in [1.29, 1.82) is 0 Å². The molecule has 0 heterocycles. The van der Waals surface area contributed by atoms with E-state index in [9.17, 15) is 0 Å². The van der Waals surface area contributed by atoms with E-state index in [1.807, 2.05) is 0 Å². The van der Waals surface area contributed by atoms with Crippen LogP contribution in [0.15, 0.2) is 18.2 Å². The Hall–Kier alpha value is -1.06. The minimum Gasteiger partial charge on any atom is -0.492 e. The number of hydrogen-bond donors (Lipinski definition) is 1. The molecule has 18 heavy (non-hydrogen) atoms. The Morgan fingerprint density at radius 2 is 1.94 bits per heavy atom. The lowest BCUT2D eigenvalue weighted by molar-refractivity contribution is 0.221. The predicted molar refractivity (Wildman–Crippen MR) is 77.2 cm³/mol. The van der Waals surface area contributed by atoms with Crippen LogP contribution in [0.1, 0.15) is 25.0 Å². The summed E-state index contributed by atoms with van der Waals surface area (Å²) in [5.74, 6) is 1.02. The van der Waals surface area contributed by atoms with Gasteiger partial charge in [0.2, 0.25) is 0 Å². The van der Waals surface area contributed by atoms with Crippen molar-refractivity contribution in [3.8, 4) is 5.75 Å². The first-order chi connectivity index (χ1) is 8.72.